The SMILES string of the molecule is CCC(C)(C)NC(=O)C(c1cccnc1)N(C(=O)Cn1nnc2ccccc21)c1ccccc1C. The maximum atomic E-state index is 14.0. The lowest BCUT2D eigenvalue weighted by atomic mass is 9.98. The van der Waals surface area contributed by atoms with Crippen molar-refractivity contribution in [1.82, 2.24) is 25.3 Å². The van der Waals surface area contributed by atoms with Crippen molar-refractivity contribution in [2.45, 2.75) is 52.2 Å². The van der Waals surface area contributed by atoms with Gasteiger partial charge in [-0.3, -0.25) is 19.5 Å². The van der Waals surface area contributed by atoms with Gasteiger partial charge in [0.15, 0.2) is 0 Å². The van der Waals surface area contributed by atoms with Crippen molar-refractivity contribution in [3.05, 3.63) is 84.2 Å². The molecule has 1 atom stereocenters. The number of aryl methyl sites for hydroxylation is 1. The number of para-hydroxylation sites is 2. The third kappa shape index (κ3) is 5.21. The van der Waals surface area contributed by atoms with E-state index in [2.05, 4.69) is 20.6 Å². The molecule has 0 saturated carbocycles. The molecule has 4 rings (SSSR count). The first-order valence-corrected chi connectivity index (χ1v) is 11.7. The summed E-state index contributed by atoms with van der Waals surface area (Å²) in [5.74, 6) is -0.557. The molecule has 180 valence electrons. The molecule has 0 aliphatic carbocycles. The second kappa shape index (κ2) is 10.0. The van der Waals surface area contributed by atoms with Gasteiger partial charge in [0, 0.05) is 29.2 Å². The molecule has 0 fully saturated rings. The van der Waals surface area contributed by atoms with E-state index in [0.717, 1.165) is 17.5 Å². The minimum absolute atomic E-state index is 0.0734. The fourth-order valence-corrected chi connectivity index (χ4v) is 3.94. The summed E-state index contributed by atoms with van der Waals surface area (Å²) in [6.45, 7) is 7.80. The molecule has 0 aliphatic rings. The lowest BCUT2D eigenvalue weighted by Crippen LogP contribution is -2.51. The Balaban J connectivity index is 1.82. The van der Waals surface area contributed by atoms with Crippen LogP contribution >= 0.6 is 0 Å². The number of pyridine rings is 1. The molecule has 4 aromatic rings. The van der Waals surface area contributed by atoms with Gasteiger partial charge in [0.05, 0.1) is 5.52 Å². The van der Waals surface area contributed by atoms with Crippen molar-refractivity contribution in [2.75, 3.05) is 4.90 Å². The van der Waals surface area contributed by atoms with Crippen molar-refractivity contribution in [2.24, 2.45) is 0 Å². The number of aromatic nitrogens is 4. The number of carbonyl (C=O) groups excluding carboxylic acids is 2. The molecule has 2 aromatic carbocycles. The number of fused-ring (bicyclic) bond motifs is 1. The number of nitrogens with zero attached hydrogens (tertiary/aromatic N) is 5. The lowest BCUT2D eigenvalue weighted by molar-refractivity contribution is -0.128. The molecule has 0 aliphatic heterocycles. The van der Waals surface area contributed by atoms with Crippen molar-refractivity contribution in [1.29, 1.82) is 0 Å². The number of anilines is 1. The number of benzene rings is 2. The molecule has 8 nitrogen and oxygen atoms in total. The Morgan fingerprint density at radius 3 is 2.51 bits per heavy atom. The summed E-state index contributed by atoms with van der Waals surface area (Å²) in [5.41, 5.74) is 3.16. The molecule has 1 N–H and O–H groups in total. The minimum atomic E-state index is -0.919. The molecule has 2 amide bonds. The first-order valence-electron chi connectivity index (χ1n) is 11.7. The largest absolute Gasteiger partial charge is 0.349 e. The predicted octanol–water partition coefficient (Wildman–Crippen LogP) is 4.21. The van der Waals surface area contributed by atoms with E-state index >= 15 is 0 Å². The van der Waals surface area contributed by atoms with Gasteiger partial charge in [-0.25, -0.2) is 4.68 Å². The van der Waals surface area contributed by atoms with Gasteiger partial charge in [-0.2, -0.15) is 0 Å². The van der Waals surface area contributed by atoms with Gasteiger partial charge in [-0.05, 0) is 57.0 Å². The second-order valence-electron chi connectivity index (χ2n) is 9.20. The Hall–Kier alpha value is -4.07. The maximum absolute atomic E-state index is 14.0. The van der Waals surface area contributed by atoms with Gasteiger partial charge in [-0.15, -0.1) is 5.10 Å². The minimum Gasteiger partial charge on any atom is -0.349 e. The smallest absolute Gasteiger partial charge is 0.249 e. The highest BCUT2D eigenvalue weighted by molar-refractivity contribution is 6.02. The molecule has 0 spiro atoms. The van der Waals surface area contributed by atoms with E-state index in [0.29, 0.717) is 16.8 Å². The highest BCUT2D eigenvalue weighted by Crippen LogP contribution is 2.31. The summed E-state index contributed by atoms with van der Waals surface area (Å²) in [4.78, 5) is 33.6. The fraction of sp³-hybridized carbons (Fsp3) is 0.296. The number of carbonyl (C=O) groups is 2. The van der Waals surface area contributed by atoms with Gasteiger partial charge >= 0.3 is 0 Å². The Bertz CT molecular complexity index is 1330. The third-order valence-electron chi connectivity index (χ3n) is 6.20. The standard InChI is InChI=1S/C27H30N6O2/c1-5-27(3,4)29-26(35)25(20-12-10-16-28-17-20)33(22-14-8-6-11-19(22)2)24(34)18-32-23-15-9-7-13-21(23)30-31-32/h6-17,25H,5,18H2,1-4H3,(H,29,35). The molecule has 35 heavy (non-hydrogen) atoms. The van der Waals surface area contributed by atoms with Crippen molar-refractivity contribution >= 4 is 28.5 Å². The zero-order valence-corrected chi connectivity index (χ0v) is 20.5. The second-order valence-corrected chi connectivity index (χ2v) is 9.20. The van der Waals surface area contributed by atoms with Crippen LogP contribution in [0.5, 0.6) is 0 Å². The summed E-state index contributed by atoms with van der Waals surface area (Å²) in [6, 6.07) is 17.7. The Morgan fingerprint density at radius 2 is 1.80 bits per heavy atom. The first-order chi connectivity index (χ1) is 16.8. The number of rotatable bonds is 8. The van der Waals surface area contributed by atoms with E-state index in [1.54, 1.807) is 28.0 Å². The topological polar surface area (TPSA) is 93.0 Å². The summed E-state index contributed by atoms with van der Waals surface area (Å²) in [5, 5.41) is 11.5. The monoisotopic (exact) mass is 470 g/mol. The molecule has 0 radical (unpaired) electrons. The van der Waals surface area contributed by atoms with Crippen molar-refractivity contribution in [3.8, 4) is 0 Å². The van der Waals surface area contributed by atoms with Crippen LogP contribution in [0.2, 0.25) is 0 Å². The van der Waals surface area contributed by atoms with Crippen LogP contribution in [0.25, 0.3) is 11.0 Å². The van der Waals surface area contributed by atoms with E-state index in [4.69, 9.17) is 0 Å². The molecule has 8 heteroatoms. The average molecular weight is 471 g/mol. The van der Waals surface area contributed by atoms with Gasteiger partial charge in [0.1, 0.15) is 18.1 Å². The van der Waals surface area contributed by atoms with Gasteiger partial charge < -0.3 is 5.32 Å². The zero-order valence-electron chi connectivity index (χ0n) is 20.5. The van der Waals surface area contributed by atoms with E-state index in [-0.39, 0.29) is 18.4 Å². The molecular weight excluding hydrogens is 440 g/mol. The quantitative estimate of drug-likeness (QED) is 0.416. The molecular formula is C27H30N6O2. The van der Waals surface area contributed by atoms with Crippen LogP contribution < -0.4 is 10.2 Å². The molecule has 1 unspecified atom stereocenters. The van der Waals surface area contributed by atoms with Crippen LogP contribution in [0.15, 0.2) is 73.1 Å². The van der Waals surface area contributed by atoms with Crippen molar-refractivity contribution < 1.29 is 9.59 Å². The Labute approximate surface area is 205 Å². The summed E-state index contributed by atoms with van der Waals surface area (Å²) in [7, 11) is 0. The molecule has 2 aromatic heterocycles. The van der Waals surface area contributed by atoms with Gasteiger partial charge in [-0.1, -0.05) is 48.5 Å². The van der Waals surface area contributed by atoms with E-state index in [1.165, 1.54) is 0 Å². The van der Waals surface area contributed by atoms with E-state index < -0.39 is 11.6 Å². The predicted molar refractivity (Wildman–Crippen MR) is 136 cm³/mol. The van der Waals surface area contributed by atoms with E-state index in [9.17, 15) is 9.59 Å². The zero-order chi connectivity index (χ0) is 25.0. The van der Waals surface area contributed by atoms with Gasteiger partial charge in [0.2, 0.25) is 11.8 Å². The van der Waals surface area contributed by atoms with Crippen LogP contribution in [0.4, 0.5) is 5.69 Å². The number of hydrogen-bond acceptors (Lipinski definition) is 5. The van der Waals surface area contributed by atoms with Crippen molar-refractivity contribution in [3.63, 3.8) is 0 Å². The summed E-state index contributed by atoms with van der Waals surface area (Å²) < 4.78 is 1.57. The van der Waals surface area contributed by atoms with Crippen LogP contribution in [-0.4, -0.2) is 37.3 Å². The third-order valence-corrected chi connectivity index (χ3v) is 6.20. The number of amides is 2. The normalized spacial score (nSPS) is 12.3. The lowest BCUT2D eigenvalue weighted by Gasteiger charge is -2.35. The molecule has 0 bridgehead atoms. The molecule has 0 saturated heterocycles. The number of nitrogens with one attached hydrogen (secondary N) is 1. The summed E-state index contributed by atoms with van der Waals surface area (Å²) >= 11 is 0. The van der Waals surface area contributed by atoms with Crippen LogP contribution in [-0.2, 0) is 16.1 Å². The van der Waals surface area contributed by atoms with Crippen LogP contribution in [0, 0.1) is 6.92 Å². The van der Waals surface area contributed by atoms with Crippen LogP contribution in [0.3, 0.4) is 0 Å². The highest BCUT2D eigenvalue weighted by atomic mass is 16.2. The first kappa shape index (κ1) is 24.1. The maximum Gasteiger partial charge on any atom is 0.249 e. The fourth-order valence-electron chi connectivity index (χ4n) is 3.94. The molecule has 2 heterocycles. The number of hydrogen-bond donors (Lipinski definition) is 1. The van der Waals surface area contributed by atoms with Gasteiger partial charge in [0.25, 0.3) is 0 Å². The summed E-state index contributed by atoms with van der Waals surface area (Å²) in [6.07, 6.45) is 4.02. The Kier molecular flexibility index (Phi) is 6.91. The average Bonchev–Trinajstić information content (AvgIpc) is 3.26. The van der Waals surface area contributed by atoms with Crippen LogP contribution in [0.1, 0.15) is 44.4 Å². The van der Waals surface area contributed by atoms with E-state index in [1.807, 2.05) is 82.3 Å². The highest BCUT2D eigenvalue weighted by Gasteiger charge is 2.36. The Morgan fingerprint density at radius 1 is 1.06 bits per heavy atom.